The van der Waals surface area contributed by atoms with Crippen molar-refractivity contribution in [2.45, 2.75) is 19.4 Å². The molecule has 1 heterocycles. The fraction of sp³-hybridized carbons (Fsp3) is 0.211. The predicted octanol–water partition coefficient (Wildman–Crippen LogP) is 1.88. The van der Waals surface area contributed by atoms with E-state index in [2.05, 4.69) is 10.9 Å². The molecule has 0 unspecified atom stereocenters. The Morgan fingerprint density at radius 2 is 1.48 bits per heavy atom. The minimum atomic E-state index is -0.395. The van der Waals surface area contributed by atoms with Crippen molar-refractivity contribution in [3.8, 4) is 0 Å². The highest BCUT2D eigenvalue weighted by Gasteiger charge is 2.20. The zero-order valence-electron chi connectivity index (χ0n) is 13.7. The number of rotatable bonds is 4. The molecule has 6 nitrogen and oxygen atoms in total. The summed E-state index contributed by atoms with van der Waals surface area (Å²) in [5.74, 6) is -0.600. The third kappa shape index (κ3) is 4.23. The van der Waals surface area contributed by atoms with E-state index in [0.29, 0.717) is 24.1 Å². The van der Waals surface area contributed by atoms with Gasteiger partial charge in [-0.05, 0) is 36.2 Å². The summed E-state index contributed by atoms with van der Waals surface area (Å²) in [5, 5.41) is 0. The van der Waals surface area contributed by atoms with E-state index in [1.165, 1.54) is 0 Å². The fourth-order valence-electron chi connectivity index (χ4n) is 2.70. The van der Waals surface area contributed by atoms with Crippen LogP contribution in [0.5, 0.6) is 0 Å². The van der Waals surface area contributed by atoms with Gasteiger partial charge >= 0.3 is 0 Å². The summed E-state index contributed by atoms with van der Waals surface area (Å²) in [6.07, 6.45) is 1.52. The van der Waals surface area contributed by atoms with E-state index < -0.39 is 5.91 Å². The summed E-state index contributed by atoms with van der Waals surface area (Å²) in [4.78, 5) is 37.4. The maximum Gasteiger partial charge on any atom is 0.269 e. The van der Waals surface area contributed by atoms with Gasteiger partial charge in [-0.25, -0.2) is 0 Å². The zero-order valence-corrected chi connectivity index (χ0v) is 13.7. The number of hydrogen-bond acceptors (Lipinski definition) is 3. The number of likely N-dealkylation sites (tertiary alicyclic amines) is 1. The third-order valence-corrected chi connectivity index (χ3v) is 4.09. The zero-order chi connectivity index (χ0) is 17.6. The largest absolute Gasteiger partial charge is 0.338 e. The van der Waals surface area contributed by atoms with Crippen molar-refractivity contribution in [2.24, 2.45) is 0 Å². The minimum absolute atomic E-state index is 0.172. The molecular formula is C19H19N3O3. The van der Waals surface area contributed by atoms with E-state index in [-0.39, 0.29) is 11.8 Å². The average molecular weight is 337 g/mol. The van der Waals surface area contributed by atoms with Crippen LogP contribution in [0.4, 0.5) is 0 Å². The highest BCUT2D eigenvalue weighted by atomic mass is 16.2. The first-order valence-corrected chi connectivity index (χ1v) is 8.16. The maximum absolute atomic E-state index is 12.1. The molecule has 3 rings (SSSR count). The average Bonchev–Trinajstić information content (AvgIpc) is 3.05. The topological polar surface area (TPSA) is 78.5 Å². The SMILES string of the molecule is O=C(NNC(=O)c1ccc(CN2CCCC2=O)cc1)c1ccccc1. The van der Waals surface area contributed by atoms with Crippen molar-refractivity contribution in [3.05, 3.63) is 71.3 Å². The van der Waals surface area contributed by atoms with Gasteiger partial charge in [-0.1, -0.05) is 30.3 Å². The molecule has 0 aromatic heterocycles. The summed E-state index contributed by atoms with van der Waals surface area (Å²) < 4.78 is 0. The number of hydrazine groups is 1. The predicted molar refractivity (Wildman–Crippen MR) is 92.5 cm³/mol. The van der Waals surface area contributed by atoms with E-state index in [0.717, 1.165) is 18.5 Å². The molecule has 128 valence electrons. The normalized spacial score (nSPS) is 13.6. The van der Waals surface area contributed by atoms with Crippen LogP contribution in [-0.4, -0.2) is 29.2 Å². The highest BCUT2D eigenvalue weighted by Crippen LogP contribution is 2.14. The molecule has 0 bridgehead atoms. The van der Waals surface area contributed by atoms with Gasteiger partial charge in [-0.3, -0.25) is 25.2 Å². The molecule has 1 fully saturated rings. The molecule has 0 saturated carbocycles. The van der Waals surface area contributed by atoms with Crippen molar-refractivity contribution >= 4 is 17.7 Å². The fourth-order valence-corrected chi connectivity index (χ4v) is 2.70. The molecule has 2 N–H and O–H groups in total. The Morgan fingerprint density at radius 1 is 0.880 bits per heavy atom. The van der Waals surface area contributed by atoms with Gasteiger partial charge in [0, 0.05) is 30.6 Å². The van der Waals surface area contributed by atoms with Crippen molar-refractivity contribution in [2.75, 3.05) is 6.54 Å². The molecule has 25 heavy (non-hydrogen) atoms. The van der Waals surface area contributed by atoms with Gasteiger partial charge in [-0.15, -0.1) is 0 Å². The van der Waals surface area contributed by atoms with Crippen LogP contribution in [0.25, 0.3) is 0 Å². The number of nitrogens with one attached hydrogen (secondary N) is 2. The van der Waals surface area contributed by atoms with E-state index in [9.17, 15) is 14.4 Å². The van der Waals surface area contributed by atoms with E-state index in [1.54, 1.807) is 36.4 Å². The number of benzene rings is 2. The molecule has 0 radical (unpaired) electrons. The van der Waals surface area contributed by atoms with Gasteiger partial charge in [0.2, 0.25) is 5.91 Å². The third-order valence-electron chi connectivity index (χ3n) is 4.09. The molecule has 2 aromatic rings. The second-order valence-corrected chi connectivity index (χ2v) is 5.89. The monoisotopic (exact) mass is 337 g/mol. The van der Waals surface area contributed by atoms with Crippen LogP contribution in [0.15, 0.2) is 54.6 Å². The standard InChI is InChI=1S/C19H19N3O3/c23-17-7-4-12-22(17)13-14-8-10-16(11-9-14)19(25)21-20-18(24)15-5-2-1-3-6-15/h1-3,5-6,8-11H,4,7,12-13H2,(H,20,24)(H,21,25). The number of amides is 3. The van der Waals surface area contributed by atoms with Crippen molar-refractivity contribution in [1.29, 1.82) is 0 Å². The van der Waals surface area contributed by atoms with Gasteiger partial charge in [0.1, 0.15) is 0 Å². The van der Waals surface area contributed by atoms with Gasteiger partial charge in [0.15, 0.2) is 0 Å². The number of carbonyl (C=O) groups excluding carboxylic acids is 3. The Balaban J connectivity index is 1.54. The molecule has 6 heteroatoms. The lowest BCUT2D eigenvalue weighted by molar-refractivity contribution is -0.128. The first-order chi connectivity index (χ1) is 12.1. The summed E-state index contributed by atoms with van der Waals surface area (Å²) in [6, 6.07) is 15.6. The van der Waals surface area contributed by atoms with E-state index >= 15 is 0 Å². The van der Waals surface area contributed by atoms with Crippen LogP contribution in [0.3, 0.4) is 0 Å². The molecule has 1 saturated heterocycles. The van der Waals surface area contributed by atoms with Gasteiger partial charge in [0.25, 0.3) is 11.8 Å². The smallest absolute Gasteiger partial charge is 0.269 e. The molecule has 0 spiro atoms. The Hall–Kier alpha value is -3.15. The van der Waals surface area contributed by atoms with E-state index in [1.807, 2.05) is 23.1 Å². The molecule has 2 aromatic carbocycles. The van der Waals surface area contributed by atoms with Crippen LogP contribution >= 0.6 is 0 Å². The van der Waals surface area contributed by atoms with Crippen LogP contribution in [0, 0.1) is 0 Å². The Kier molecular flexibility index (Phi) is 5.09. The van der Waals surface area contributed by atoms with Crippen LogP contribution in [0.1, 0.15) is 39.1 Å². The number of nitrogens with zero attached hydrogens (tertiary/aromatic N) is 1. The summed E-state index contributed by atoms with van der Waals surface area (Å²) in [5.41, 5.74) is 6.65. The van der Waals surface area contributed by atoms with Crippen molar-refractivity contribution in [1.82, 2.24) is 15.8 Å². The Bertz CT molecular complexity index is 772. The highest BCUT2D eigenvalue weighted by molar-refractivity contribution is 5.99. The molecule has 0 atom stereocenters. The van der Waals surface area contributed by atoms with Crippen LogP contribution in [-0.2, 0) is 11.3 Å². The van der Waals surface area contributed by atoms with Crippen LogP contribution in [0.2, 0.25) is 0 Å². The molecule has 0 aliphatic carbocycles. The summed E-state index contributed by atoms with van der Waals surface area (Å²) >= 11 is 0. The first-order valence-electron chi connectivity index (χ1n) is 8.16. The summed E-state index contributed by atoms with van der Waals surface area (Å²) in [7, 11) is 0. The lowest BCUT2D eigenvalue weighted by Crippen LogP contribution is -2.41. The Morgan fingerprint density at radius 3 is 2.04 bits per heavy atom. The van der Waals surface area contributed by atoms with Gasteiger partial charge in [-0.2, -0.15) is 0 Å². The van der Waals surface area contributed by atoms with Crippen LogP contribution < -0.4 is 10.9 Å². The van der Waals surface area contributed by atoms with Gasteiger partial charge in [0.05, 0.1) is 0 Å². The molecule has 1 aliphatic rings. The van der Waals surface area contributed by atoms with Crippen molar-refractivity contribution < 1.29 is 14.4 Å². The van der Waals surface area contributed by atoms with Gasteiger partial charge < -0.3 is 4.90 Å². The number of carbonyl (C=O) groups is 3. The maximum atomic E-state index is 12.1. The lowest BCUT2D eigenvalue weighted by atomic mass is 10.1. The molecule has 3 amide bonds. The van der Waals surface area contributed by atoms with Crippen molar-refractivity contribution in [3.63, 3.8) is 0 Å². The molecule has 1 aliphatic heterocycles. The molecular weight excluding hydrogens is 318 g/mol. The first kappa shape index (κ1) is 16.7. The minimum Gasteiger partial charge on any atom is -0.338 e. The second kappa shape index (κ2) is 7.61. The quantitative estimate of drug-likeness (QED) is 0.836. The second-order valence-electron chi connectivity index (χ2n) is 5.89. The van der Waals surface area contributed by atoms with E-state index in [4.69, 9.17) is 0 Å². The number of hydrogen-bond donors (Lipinski definition) is 2. The lowest BCUT2D eigenvalue weighted by Gasteiger charge is -2.15. The Labute approximate surface area is 145 Å². The summed E-state index contributed by atoms with van der Waals surface area (Å²) in [6.45, 7) is 1.35.